The average Bonchev–Trinajstić information content (AvgIpc) is 2.39. The molecule has 0 saturated carbocycles. The van der Waals surface area contributed by atoms with Crippen LogP contribution in [-0.4, -0.2) is 41.9 Å². The van der Waals surface area contributed by atoms with E-state index in [1.807, 2.05) is 0 Å². The third-order valence-electron chi connectivity index (χ3n) is 4.86. The van der Waals surface area contributed by atoms with Crippen LogP contribution in [0.5, 0.6) is 0 Å². The van der Waals surface area contributed by atoms with Gasteiger partial charge in [-0.25, -0.2) is 0 Å². The topological polar surface area (TPSA) is 20.2 Å². The number of nitrogens with zero attached hydrogens (tertiary/aromatic N) is 1. The van der Waals surface area contributed by atoms with Gasteiger partial charge in [0.1, 0.15) is 12.6 Å². The maximum absolute atomic E-state index is 10.1. The molecule has 0 spiro atoms. The van der Waals surface area contributed by atoms with Crippen LogP contribution in [0, 0.1) is 9.49 Å². The fourth-order valence-corrected chi connectivity index (χ4v) is 3.94. The van der Waals surface area contributed by atoms with Crippen LogP contribution in [0.4, 0.5) is 0 Å². The molecule has 3 aliphatic rings. The molecule has 98 valence electrons. The summed E-state index contributed by atoms with van der Waals surface area (Å²) in [6.07, 6.45) is 3.57. The molecule has 3 saturated heterocycles. The molecule has 3 aliphatic heterocycles. The Bertz CT molecular complexity index is 409. The number of benzene rings is 1. The van der Waals surface area contributed by atoms with Crippen molar-refractivity contribution < 1.29 is 9.59 Å². The van der Waals surface area contributed by atoms with Gasteiger partial charge in [-0.2, -0.15) is 0 Å². The summed E-state index contributed by atoms with van der Waals surface area (Å²) >= 11 is 2.35. The number of hydrogen-bond donors (Lipinski definition) is 1. The molecule has 2 nitrogen and oxygen atoms in total. The number of rotatable bonds is 3. The van der Waals surface area contributed by atoms with Gasteiger partial charge in [0.15, 0.2) is 0 Å². The number of halogens is 1. The fourth-order valence-electron chi connectivity index (χ4n) is 3.58. The van der Waals surface area contributed by atoms with Crippen molar-refractivity contribution >= 4 is 22.6 Å². The summed E-state index contributed by atoms with van der Waals surface area (Å²) in [6, 6.07) is 8.86. The Hall–Kier alpha value is -0.130. The van der Waals surface area contributed by atoms with Gasteiger partial charge in [0.25, 0.3) is 0 Å². The maximum atomic E-state index is 10.1. The van der Waals surface area contributed by atoms with E-state index in [-0.39, 0.29) is 6.10 Å². The van der Waals surface area contributed by atoms with Crippen molar-refractivity contribution in [1.82, 2.24) is 0 Å². The molecule has 3 fully saturated rings. The van der Waals surface area contributed by atoms with E-state index in [9.17, 15) is 5.11 Å². The van der Waals surface area contributed by atoms with Crippen LogP contribution in [0.25, 0.3) is 0 Å². The number of hydrogen-bond acceptors (Lipinski definition) is 1. The first kappa shape index (κ1) is 12.9. The van der Waals surface area contributed by atoms with Crippen molar-refractivity contribution in [3.05, 3.63) is 33.4 Å². The molecule has 0 radical (unpaired) electrons. The number of aliphatic hydroxyl groups is 1. The molecule has 1 unspecified atom stereocenters. The van der Waals surface area contributed by atoms with Gasteiger partial charge in [-0.3, -0.25) is 0 Å². The zero-order valence-corrected chi connectivity index (χ0v) is 12.8. The lowest BCUT2D eigenvalue weighted by Crippen LogP contribution is -2.64. The van der Waals surface area contributed by atoms with Crippen LogP contribution in [-0.2, 0) is 6.42 Å². The van der Waals surface area contributed by atoms with E-state index in [0.29, 0.717) is 5.92 Å². The van der Waals surface area contributed by atoms with E-state index in [4.69, 9.17) is 0 Å². The normalized spacial score (nSPS) is 34.8. The first-order valence-corrected chi connectivity index (χ1v) is 8.02. The molecular formula is C15H21INO+. The molecule has 3 heterocycles. The molecule has 0 amide bonds. The monoisotopic (exact) mass is 358 g/mol. The van der Waals surface area contributed by atoms with Crippen molar-refractivity contribution in [2.45, 2.75) is 25.4 Å². The maximum Gasteiger partial charge on any atom is 0.106 e. The van der Waals surface area contributed by atoms with Crippen molar-refractivity contribution in [1.29, 1.82) is 0 Å². The van der Waals surface area contributed by atoms with Gasteiger partial charge in [-0.15, -0.1) is 0 Å². The van der Waals surface area contributed by atoms with Crippen LogP contribution in [0.15, 0.2) is 24.3 Å². The lowest BCUT2D eigenvalue weighted by Gasteiger charge is -2.51. The zero-order valence-electron chi connectivity index (χ0n) is 10.7. The summed E-state index contributed by atoms with van der Waals surface area (Å²) in [5.41, 5.74) is 1.44. The van der Waals surface area contributed by atoms with E-state index in [1.54, 1.807) is 0 Å². The van der Waals surface area contributed by atoms with Crippen LogP contribution >= 0.6 is 22.6 Å². The minimum atomic E-state index is -0.0378. The van der Waals surface area contributed by atoms with Crippen molar-refractivity contribution in [2.24, 2.45) is 5.92 Å². The molecular weight excluding hydrogens is 337 g/mol. The molecule has 0 aromatic heterocycles. The fraction of sp³-hybridized carbons (Fsp3) is 0.600. The standard InChI is InChI=1S/C15H21INO/c16-14-3-1-12(2-4-14)5-8-17-9-6-13(7-10-17)15(18)11-17/h1-4,13,15,18H,5-11H2/q+1. The summed E-state index contributed by atoms with van der Waals surface area (Å²) < 4.78 is 2.46. The predicted octanol–water partition coefficient (Wildman–Crippen LogP) is 2.44. The Balaban J connectivity index is 1.64. The molecule has 1 N–H and O–H groups in total. The van der Waals surface area contributed by atoms with Gasteiger partial charge in [0.2, 0.25) is 0 Å². The number of aliphatic hydroxyl groups excluding tert-OH is 1. The Morgan fingerprint density at radius 2 is 1.83 bits per heavy atom. The SMILES string of the molecule is OC1C[N+]2(CCc3ccc(I)cc3)CCC1CC2. The molecule has 1 aromatic rings. The molecule has 1 aromatic carbocycles. The van der Waals surface area contributed by atoms with Crippen molar-refractivity contribution in [3.63, 3.8) is 0 Å². The third kappa shape index (κ3) is 2.58. The lowest BCUT2D eigenvalue weighted by molar-refractivity contribution is -0.946. The first-order chi connectivity index (χ1) is 8.67. The smallest absolute Gasteiger partial charge is 0.106 e. The highest BCUT2D eigenvalue weighted by Crippen LogP contribution is 2.34. The predicted molar refractivity (Wildman–Crippen MR) is 81.3 cm³/mol. The van der Waals surface area contributed by atoms with E-state index < -0.39 is 0 Å². The van der Waals surface area contributed by atoms with Gasteiger partial charge in [0, 0.05) is 28.8 Å². The van der Waals surface area contributed by atoms with Crippen LogP contribution < -0.4 is 0 Å². The van der Waals surface area contributed by atoms with Crippen LogP contribution in [0.1, 0.15) is 18.4 Å². The minimum Gasteiger partial charge on any atom is -0.387 e. The second-order valence-corrected chi connectivity index (χ2v) is 7.22. The summed E-state index contributed by atoms with van der Waals surface area (Å²) in [6.45, 7) is 4.76. The van der Waals surface area contributed by atoms with Crippen molar-refractivity contribution in [2.75, 3.05) is 26.2 Å². The van der Waals surface area contributed by atoms with Gasteiger partial charge in [0.05, 0.1) is 19.6 Å². The zero-order chi connectivity index (χ0) is 12.6. The number of quaternary nitrogens is 1. The van der Waals surface area contributed by atoms with E-state index in [0.717, 1.165) is 17.4 Å². The van der Waals surface area contributed by atoms with Crippen LogP contribution in [0.3, 0.4) is 0 Å². The number of fused-ring (bicyclic) bond motifs is 3. The van der Waals surface area contributed by atoms with E-state index in [2.05, 4.69) is 46.9 Å². The summed E-state index contributed by atoms with van der Waals surface area (Å²) in [5, 5.41) is 10.1. The Morgan fingerprint density at radius 1 is 1.17 bits per heavy atom. The summed E-state index contributed by atoms with van der Waals surface area (Å²) in [7, 11) is 0. The van der Waals surface area contributed by atoms with Gasteiger partial charge < -0.3 is 9.59 Å². The average molecular weight is 358 g/mol. The highest BCUT2D eigenvalue weighted by atomic mass is 127. The molecule has 3 heteroatoms. The third-order valence-corrected chi connectivity index (χ3v) is 5.57. The van der Waals surface area contributed by atoms with Crippen molar-refractivity contribution in [3.8, 4) is 0 Å². The quantitative estimate of drug-likeness (QED) is 0.650. The second kappa shape index (κ2) is 5.10. The Morgan fingerprint density at radius 3 is 2.44 bits per heavy atom. The molecule has 18 heavy (non-hydrogen) atoms. The number of piperidine rings is 3. The Labute approximate surface area is 123 Å². The molecule has 2 bridgehead atoms. The Kier molecular flexibility index (Phi) is 3.65. The van der Waals surface area contributed by atoms with E-state index >= 15 is 0 Å². The molecule has 1 atom stereocenters. The van der Waals surface area contributed by atoms with Gasteiger partial charge in [-0.1, -0.05) is 12.1 Å². The molecule has 4 rings (SSSR count). The largest absolute Gasteiger partial charge is 0.387 e. The van der Waals surface area contributed by atoms with E-state index in [1.165, 1.54) is 41.6 Å². The highest BCUT2D eigenvalue weighted by molar-refractivity contribution is 14.1. The minimum absolute atomic E-state index is 0.0378. The first-order valence-electron chi connectivity index (χ1n) is 6.95. The van der Waals surface area contributed by atoms with Gasteiger partial charge in [-0.05, 0) is 40.3 Å². The molecule has 0 aliphatic carbocycles. The van der Waals surface area contributed by atoms with Crippen LogP contribution in [0.2, 0.25) is 0 Å². The summed E-state index contributed by atoms with van der Waals surface area (Å²) in [5.74, 6) is 0.600. The lowest BCUT2D eigenvalue weighted by atomic mass is 9.83. The second-order valence-electron chi connectivity index (χ2n) is 5.98. The summed E-state index contributed by atoms with van der Waals surface area (Å²) in [4.78, 5) is 0. The van der Waals surface area contributed by atoms with Gasteiger partial charge >= 0.3 is 0 Å². The highest BCUT2D eigenvalue weighted by Gasteiger charge is 2.44.